The van der Waals surface area contributed by atoms with Crippen molar-refractivity contribution in [1.82, 2.24) is 10.3 Å². The van der Waals surface area contributed by atoms with Crippen molar-refractivity contribution in [2.75, 3.05) is 12.4 Å². The summed E-state index contributed by atoms with van der Waals surface area (Å²) in [6, 6.07) is 17.6. The van der Waals surface area contributed by atoms with Gasteiger partial charge in [-0.05, 0) is 54.4 Å². The molecule has 1 heterocycles. The maximum Gasteiger partial charge on any atom is 0.265 e. The molecule has 2 N–H and O–H groups in total. The van der Waals surface area contributed by atoms with Gasteiger partial charge in [0.1, 0.15) is 11.5 Å². The lowest BCUT2D eigenvalue weighted by Gasteiger charge is -2.18. The number of amides is 2. The summed E-state index contributed by atoms with van der Waals surface area (Å²) in [6.07, 6.45) is 3.12. The molecule has 7 heteroatoms. The van der Waals surface area contributed by atoms with Crippen molar-refractivity contribution in [3.8, 4) is 11.5 Å². The van der Waals surface area contributed by atoms with Crippen LogP contribution < -0.4 is 20.1 Å². The normalized spacial score (nSPS) is 11.3. The number of hydrogen-bond donors (Lipinski definition) is 2. The van der Waals surface area contributed by atoms with Crippen LogP contribution >= 0.6 is 0 Å². The number of nitrogens with zero attached hydrogens (tertiary/aromatic N) is 1. The zero-order valence-corrected chi connectivity index (χ0v) is 17.5. The second-order valence-corrected chi connectivity index (χ2v) is 6.77. The van der Waals surface area contributed by atoms with Gasteiger partial charge in [-0.2, -0.15) is 0 Å². The first kappa shape index (κ1) is 21.8. The fraction of sp³-hybridized carbons (Fsp3) is 0.208. The van der Waals surface area contributed by atoms with E-state index in [4.69, 9.17) is 9.47 Å². The van der Waals surface area contributed by atoms with Crippen molar-refractivity contribution in [2.45, 2.75) is 26.0 Å². The minimum Gasteiger partial charge on any atom is -0.497 e. The molecule has 1 atom stereocenters. The number of methoxy groups -OCH3 is 1. The third kappa shape index (κ3) is 6.05. The van der Waals surface area contributed by atoms with E-state index in [1.807, 2.05) is 19.1 Å². The molecule has 3 aromatic rings. The Morgan fingerprint density at radius 3 is 2.42 bits per heavy atom. The maximum atomic E-state index is 12.8. The number of carbonyl (C=O) groups is 2. The van der Waals surface area contributed by atoms with Gasteiger partial charge in [0.25, 0.3) is 11.8 Å². The first-order valence-corrected chi connectivity index (χ1v) is 9.98. The van der Waals surface area contributed by atoms with Crippen LogP contribution in [0.3, 0.4) is 0 Å². The third-order valence-corrected chi connectivity index (χ3v) is 4.61. The number of anilines is 1. The minimum atomic E-state index is -0.708. The topological polar surface area (TPSA) is 89.5 Å². The summed E-state index contributed by atoms with van der Waals surface area (Å²) in [6.45, 7) is 2.20. The van der Waals surface area contributed by atoms with Gasteiger partial charge in [0, 0.05) is 18.9 Å². The zero-order valence-electron chi connectivity index (χ0n) is 17.5. The molecule has 0 fully saturated rings. The number of aromatic nitrogens is 1. The Bertz CT molecular complexity index is 1010. The van der Waals surface area contributed by atoms with Gasteiger partial charge >= 0.3 is 0 Å². The second-order valence-electron chi connectivity index (χ2n) is 6.77. The summed E-state index contributed by atoms with van der Waals surface area (Å²) in [4.78, 5) is 29.5. The molecule has 0 aliphatic heterocycles. The van der Waals surface area contributed by atoms with Gasteiger partial charge in [-0.1, -0.05) is 25.1 Å². The van der Waals surface area contributed by atoms with E-state index in [2.05, 4.69) is 15.6 Å². The van der Waals surface area contributed by atoms with Gasteiger partial charge in [0.05, 0.1) is 18.4 Å². The molecule has 0 saturated heterocycles. The van der Waals surface area contributed by atoms with Crippen molar-refractivity contribution >= 4 is 17.5 Å². The molecule has 0 aliphatic rings. The van der Waals surface area contributed by atoms with E-state index >= 15 is 0 Å². The monoisotopic (exact) mass is 419 g/mol. The Hall–Kier alpha value is -3.87. The molecule has 0 bridgehead atoms. The van der Waals surface area contributed by atoms with Crippen molar-refractivity contribution < 1.29 is 19.1 Å². The highest BCUT2D eigenvalue weighted by Gasteiger charge is 2.21. The predicted molar refractivity (Wildman–Crippen MR) is 118 cm³/mol. The molecule has 2 amide bonds. The van der Waals surface area contributed by atoms with Gasteiger partial charge in [-0.15, -0.1) is 0 Å². The lowest BCUT2D eigenvalue weighted by molar-refractivity contribution is -0.122. The SMILES string of the molecule is CC[C@H](Oc1ccc(OC)cc1)C(=O)Nc1ccccc1C(=O)NCc1cccnc1. The average Bonchev–Trinajstić information content (AvgIpc) is 2.82. The fourth-order valence-electron chi connectivity index (χ4n) is 2.92. The maximum absolute atomic E-state index is 12.8. The Morgan fingerprint density at radius 2 is 1.74 bits per heavy atom. The molecule has 7 nitrogen and oxygen atoms in total. The standard InChI is InChI=1S/C24H25N3O4/c1-3-22(31-19-12-10-18(30-2)11-13-19)24(29)27-21-9-5-4-8-20(21)23(28)26-16-17-7-6-14-25-15-17/h4-15,22H,3,16H2,1-2H3,(H,26,28)(H,27,29)/t22-/m0/s1. The molecule has 0 saturated carbocycles. The predicted octanol–water partition coefficient (Wildman–Crippen LogP) is 3.82. The van der Waals surface area contributed by atoms with Crippen LogP contribution in [0.15, 0.2) is 73.1 Å². The molecule has 0 unspecified atom stereocenters. The second kappa shape index (κ2) is 10.8. The van der Waals surface area contributed by atoms with Gasteiger partial charge in [0.2, 0.25) is 0 Å². The average molecular weight is 419 g/mol. The lowest BCUT2D eigenvalue weighted by atomic mass is 10.1. The van der Waals surface area contributed by atoms with Crippen LogP contribution in [0.5, 0.6) is 11.5 Å². The molecule has 160 valence electrons. The Balaban J connectivity index is 1.66. The van der Waals surface area contributed by atoms with Gasteiger partial charge in [0.15, 0.2) is 6.10 Å². The van der Waals surface area contributed by atoms with E-state index < -0.39 is 6.10 Å². The van der Waals surface area contributed by atoms with Crippen LogP contribution in [-0.2, 0) is 11.3 Å². The first-order valence-electron chi connectivity index (χ1n) is 9.98. The Kier molecular flexibility index (Phi) is 7.59. The van der Waals surface area contributed by atoms with E-state index in [1.165, 1.54) is 0 Å². The molecular weight excluding hydrogens is 394 g/mol. The van der Waals surface area contributed by atoms with E-state index in [0.29, 0.717) is 35.7 Å². The number of carbonyl (C=O) groups excluding carboxylic acids is 2. The summed E-state index contributed by atoms with van der Waals surface area (Å²) >= 11 is 0. The van der Waals surface area contributed by atoms with Crippen LogP contribution in [0.25, 0.3) is 0 Å². The highest BCUT2D eigenvalue weighted by Crippen LogP contribution is 2.21. The minimum absolute atomic E-state index is 0.288. The fourth-order valence-corrected chi connectivity index (χ4v) is 2.92. The van der Waals surface area contributed by atoms with Crippen LogP contribution in [0.2, 0.25) is 0 Å². The lowest BCUT2D eigenvalue weighted by Crippen LogP contribution is -2.33. The zero-order chi connectivity index (χ0) is 22.1. The summed E-state index contributed by atoms with van der Waals surface area (Å²) in [5, 5.41) is 5.67. The Labute approximate surface area is 181 Å². The molecule has 0 radical (unpaired) electrons. The number of pyridine rings is 1. The molecule has 3 rings (SSSR count). The van der Waals surface area contributed by atoms with Crippen LogP contribution in [0.4, 0.5) is 5.69 Å². The Morgan fingerprint density at radius 1 is 1.00 bits per heavy atom. The number of rotatable bonds is 9. The van der Waals surface area contributed by atoms with Gasteiger partial charge in [-0.25, -0.2) is 0 Å². The van der Waals surface area contributed by atoms with E-state index in [1.54, 1.807) is 68.0 Å². The first-order chi connectivity index (χ1) is 15.1. The van der Waals surface area contributed by atoms with Crippen LogP contribution in [-0.4, -0.2) is 30.0 Å². The van der Waals surface area contributed by atoms with Crippen molar-refractivity contribution in [3.05, 3.63) is 84.2 Å². The molecule has 31 heavy (non-hydrogen) atoms. The molecule has 0 aliphatic carbocycles. The smallest absolute Gasteiger partial charge is 0.265 e. The van der Waals surface area contributed by atoms with Crippen LogP contribution in [0.1, 0.15) is 29.3 Å². The summed E-state index contributed by atoms with van der Waals surface area (Å²) in [5.74, 6) is 0.649. The number of para-hydroxylation sites is 1. The quantitative estimate of drug-likeness (QED) is 0.550. The van der Waals surface area contributed by atoms with E-state index in [0.717, 1.165) is 5.56 Å². The van der Waals surface area contributed by atoms with Gasteiger partial charge < -0.3 is 20.1 Å². The van der Waals surface area contributed by atoms with E-state index in [9.17, 15) is 9.59 Å². The number of nitrogens with one attached hydrogen (secondary N) is 2. The largest absolute Gasteiger partial charge is 0.497 e. The van der Waals surface area contributed by atoms with E-state index in [-0.39, 0.29) is 11.8 Å². The van der Waals surface area contributed by atoms with Crippen molar-refractivity contribution in [3.63, 3.8) is 0 Å². The molecule has 1 aromatic heterocycles. The summed E-state index contributed by atoms with van der Waals surface area (Å²) in [5.41, 5.74) is 1.68. The highest BCUT2D eigenvalue weighted by atomic mass is 16.5. The molecule has 2 aromatic carbocycles. The summed E-state index contributed by atoms with van der Waals surface area (Å²) in [7, 11) is 1.59. The highest BCUT2D eigenvalue weighted by molar-refractivity contribution is 6.04. The number of hydrogen-bond acceptors (Lipinski definition) is 5. The molecular formula is C24H25N3O4. The summed E-state index contributed by atoms with van der Waals surface area (Å²) < 4.78 is 11.0. The van der Waals surface area contributed by atoms with Crippen LogP contribution in [0, 0.1) is 0 Å². The number of ether oxygens (including phenoxy) is 2. The number of benzene rings is 2. The van der Waals surface area contributed by atoms with Gasteiger partial charge in [-0.3, -0.25) is 14.6 Å². The molecule has 0 spiro atoms. The third-order valence-electron chi connectivity index (χ3n) is 4.61. The van der Waals surface area contributed by atoms with Crippen molar-refractivity contribution in [1.29, 1.82) is 0 Å². The van der Waals surface area contributed by atoms with Crippen molar-refractivity contribution in [2.24, 2.45) is 0 Å².